The van der Waals surface area contributed by atoms with Crippen LogP contribution in [0.4, 0.5) is 0 Å². The topological polar surface area (TPSA) is 61.8 Å². The molecule has 0 saturated carbocycles. The Kier molecular flexibility index (Phi) is 4.73. The fourth-order valence-electron chi connectivity index (χ4n) is 2.85. The summed E-state index contributed by atoms with van der Waals surface area (Å²) in [5, 5.41) is 14.2. The van der Waals surface area contributed by atoms with Crippen molar-refractivity contribution >= 4 is 27.3 Å². The number of aliphatic hydroxyl groups is 1. The quantitative estimate of drug-likeness (QED) is 0.869. The zero-order valence-corrected chi connectivity index (χ0v) is 13.3. The Bertz CT molecular complexity index is 625. The molecule has 0 unspecified atom stereocenters. The summed E-state index contributed by atoms with van der Waals surface area (Å²) in [5.74, 6) is -0.185. The molecule has 2 N–H and O–H groups in total. The fraction of sp³-hybridized carbons (Fsp3) is 0.438. The molecule has 1 saturated heterocycles. The van der Waals surface area contributed by atoms with Crippen LogP contribution in [0.2, 0.25) is 0 Å². The number of ether oxygens (including phenoxy) is 1. The average molecular weight is 320 g/mol. The van der Waals surface area contributed by atoms with Gasteiger partial charge in [0, 0.05) is 36.3 Å². The predicted octanol–water partition coefficient (Wildman–Crippen LogP) is 1.21. The van der Waals surface area contributed by atoms with Crippen LogP contribution in [0.15, 0.2) is 30.3 Å². The molecule has 2 atom stereocenters. The van der Waals surface area contributed by atoms with Gasteiger partial charge in [-0.3, -0.25) is 9.69 Å². The average Bonchev–Trinajstić information content (AvgIpc) is 3.02. The van der Waals surface area contributed by atoms with Crippen molar-refractivity contribution in [2.45, 2.75) is 18.7 Å². The van der Waals surface area contributed by atoms with Crippen LogP contribution in [0.5, 0.6) is 0 Å². The van der Waals surface area contributed by atoms with E-state index in [1.165, 1.54) is 22.1 Å². The van der Waals surface area contributed by atoms with Crippen molar-refractivity contribution in [3.8, 4) is 0 Å². The minimum absolute atomic E-state index is 0.0273. The third kappa shape index (κ3) is 3.47. The van der Waals surface area contributed by atoms with E-state index in [0.29, 0.717) is 13.1 Å². The highest BCUT2D eigenvalue weighted by Crippen LogP contribution is 2.27. The van der Waals surface area contributed by atoms with Gasteiger partial charge >= 0.3 is 0 Å². The summed E-state index contributed by atoms with van der Waals surface area (Å²) in [7, 11) is 1.48. The molecule has 22 heavy (non-hydrogen) atoms. The molecule has 2 heterocycles. The first-order valence-corrected chi connectivity index (χ1v) is 8.13. The lowest BCUT2D eigenvalue weighted by Gasteiger charge is -2.16. The number of hydrogen-bond donors (Lipinski definition) is 2. The number of aliphatic hydroxyl groups excluding tert-OH is 1. The van der Waals surface area contributed by atoms with E-state index in [1.807, 2.05) is 12.1 Å². The van der Waals surface area contributed by atoms with Crippen LogP contribution < -0.4 is 5.32 Å². The molecule has 1 aromatic carbocycles. The Balaban J connectivity index is 1.60. The van der Waals surface area contributed by atoms with E-state index < -0.39 is 6.10 Å². The molecule has 0 bridgehead atoms. The number of fused-ring (bicyclic) bond motifs is 1. The molecule has 1 aliphatic rings. The van der Waals surface area contributed by atoms with Gasteiger partial charge in [0.15, 0.2) is 0 Å². The predicted molar refractivity (Wildman–Crippen MR) is 86.9 cm³/mol. The first-order valence-electron chi connectivity index (χ1n) is 7.32. The number of β-amino-alcohol motifs (C(OH)–C–C–N with tert-alkyl or cyclic N) is 1. The fourth-order valence-corrected chi connectivity index (χ4v) is 3.96. The van der Waals surface area contributed by atoms with Gasteiger partial charge in [-0.15, -0.1) is 11.3 Å². The Morgan fingerprint density at radius 1 is 1.45 bits per heavy atom. The van der Waals surface area contributed by atoms with Gasteiger partial charge in [-0.1, -0.05) is 18.2 Å². The number of nitrogens with zero attached hydrogens (tertiary/aromatic N) is 1. The number of carbonyl (C=O) groups excluding carboxylic acids is 1. The normalized spacial score (nSPS) is 22.3. The Morgan fingerprint density at radius 2 is 2.27 bits per heavy atom. The van der Waals surface area contributed by atoms with Crippen molar-refractivity contribution in [1.29, 1.82) is 0 Å². The van der Waals surface area contributed by atoms with Crippen LogP contribution in [0, 0.1) is 0 Å². The molecule has 1 fully saturated rings. The molecule has 118 valence electrons. The molecule has 5 nitrogen and oxygen atoms in total. The molecule has 1 aliphatic heterocycles. The highest BCUT2D eigenvalue weighted by molar-refractivity contribution is 7.19. The highest BCUT2D eigenvalue weighted by Gasteiger charge is 2.32. The van der Waals surface area contributed by atoms with Crippen LogP contribution in [0.3, 0.4) is 0 Å². The third-order valence-corrected chi connectivity index (χ3v) is 4.94. The van der Waals surface area contributed by atoms with Crippen molar-refractivity contribution in [1.82, 2.24) is 10.2 Å². The minimum Gasteiger partial charge on any atom is -0.390 e. The SMILES string of the molecule is COCC(=O)N[C@@H]1CN(Cc2cc3ccccc3s2)C[C@H]1O. The standard InChI is InChI=1S/C16H20N2O3S/c1-21-10-16(20)17-13-8-18(9-14(13)19)7-12-6-11-4-2-3-5-15(11)22-12/h2-6,13-14,19H,7-10H2,1H3,(H,17,20)/t13-,14-/m1/s1. The number of methoxy groups -OCH3 is 1. The second kappa shape index (κ2) is 6.75. The van der Waals surface area contributed by atoms with Gasteiger partial charge in [0.2, 0.25) is 5.91 Å². The molecular formula is C16H20N2O3S. The molecule has 2 aromatic rings. The van der Waals surface area contributed by atoms with E-state index in [9.17, 15) is 9.90 Å². The van der Waals surface area contributed by atoms with Crippen LogP contribution in [0.1, 0.15) is 4.88 Å². The van der Waals surface area contributed by atoms with Gasteiger partial charge < -0.3 is 15.2 Å². The number of benzene rings is 1. The second-order valence-electron chi connectivity index (χ2n) is 5.62. The number of thiophene rings is 1. The summed E-state index contributed by atoms with van der Waals surface area (Å²) in [6.07, 6.45) is -0.532. The van der Waals surface area contributed by atoms with E-state index in [2.05, 4.69) is 28.4 Å². The lowest BCUT2D eigenvalue weighted by atomic mass is 10.2. The Morgan fingerprint density at radius 3 is 3.05 bits per heavy atom. The molecule has 1 amide bonds. The van der Waals surface area contributed by atoms with E-state index in [0.717, 1.165) is 6.54 Å². The molecule has 0 spiro atoms. The van der Waals surface area contributed by atoms with Gasteiger partial charge in [0.1, 0.15) is 6.61 Å². The summed E-state index contributed by atoms with van der Waals surface area (Å²) in [4.78, 5) is 15.0. The zero-order chi connectivity index (χ0) is 15.5. The van der Waals surface area contributed by atoms with Crippen molar-refractivity contribution in [2.24, 2.45) is 0 Å². The molecule has 1 aromatic heterocycles. The smallest absolute Gasteiger partial charge is 0.246 e. The maximum Gasteiger partial charge on any atom is 0.246 e. The minimum atomic E-state index is -0.532. The largest absolute Gasteiger partial charge is 0.390 e. The van der Waals surface area contributed by atoms with Crippen molar-refractivity contribution in [2.75, 3.05) is 26.8 Å². The number of amides is 1. The first-order chi connectivity index (χ1) is 10.7. The third-order valence-electron chi connectivity index (χ3n) is 3.84. The Labute approximate surface area is 133 Å². The second-order valence-corrected chi connectivity index (χ2v) is 6.79. The lowest BCUT2D eigenvalue weighted by Crippen LogP contribution is -2.44. The molecule has 0 radical (unpaired) electrons. The number of carbonyl (C=O) groups is 1. The summed E-state index contributed by atoms with van der Waals surface area (Å²) in [5.41, 5.74) is 0. The summed E-state index contributed by atoms with van der Waals surface area (Å²) in [6, 6.07) is 10.3. The lowest BCUT2D eigenvalue weighted by molar-refractivity contribution is -0.125. The molecular weight excluding hydrogens is 300 g/mol. The maximum atomic E-state index is 11.6. The van der Waals surface area contributed by atoms with E-state index in [-0.39, 0.29) is 18.6 Å². The van der Waals surface area contributed by atoms with Crippen LogP contribution in [-0.4, -0.2) is 54.9 Å². The number of hydrogen-bond acceptors (Lipinski definition) is 5. The van der Waals surface area contributed by atoms with E-state index >= 15 is 0 Å². The van der Waals surface area contributed by atoms with Gasteiger partial charge in [-0.2, -0.15) is 0 Å². The molecule has 0 aliphatic carbocycles. The van der Waals surface area contributed by atoms with Gasteiger partial charge in [-0.05, 0) is 17.5 Å². The maximum absolute atomic E-state index is 11.6. The van der Waals surface area contributed by atoms with Crippen molar-refractivity contribution in [3.63, 3.8) is 0 Å². The zero-order valence-electron chi connectivity index (χ0n) is 12.5. The van der Waals surface area contributed by atoms with E-state index in [4.69, 9.17) is 4.74 Å². The number of likely N-dealkylation sites (tertiary alicyclic amines) is 1. The van der Waals surface area contributed by atoms with Crippen molar-refractivity contribution < 1.29 is 14.6 Å². The van der Waals surface area contributed by atoms with E-state index in [1.54, 1.807) is 11.3 Å². The summed E-state index contributed by atoms with van der Waals surface area (Å²) < 4.78 is 6.08. The van der Waals surface area contributed by atoms with Crippen molar-refractivity contribution in [3.05, 3.63) is 35.2 Å². The number of rotatable bonds is 5. The Hall–Kier alpha value is -1.47. The van der Waals surface area contributed by atoms with Gasteiger partial charge in [0.05, 0.1) is 12.1 Å². The summed E-state index contributed by atoms with van der Waals surface area (Å²) in [6.45, 7) is 2.06. The number of nitrogens with one attached hydrogen (secondary N) is 1. The first kappa shape index (κ1) is 15.4. The van der Waals surface area contributed by atoms with Crippen LogP contribution in [-0.2, 0) is 16.1 Å². The highest BCUT2D eigenvalue weighted by atomic mass is 32.1. The molecule has 6 heteroatoms. The van der Waals surface area contributed by atoms with Gasteiger partial charge in [0.25, 0.3) is 0 Å². The van der Waals surface area contributed by atoms with Crippen LogP contribution in [0.25, 0.3) is 10.1 Å². The molecule has 3 rings (SSSR count). The monoisotopic (exact) mass is 320 g/mol. The summed E-state index contributed by atoms with van der Waals surface area (Å²) >= 11 is 1.78. The van der Waals surface area contributed by atoms with Gasteiger partial charge in [-0.25, -0.2) is 0 Å². The van der Waals surface area contributed by atoms with Crippen LogP contribution >= 0.6 is 11.3 Å².